The van der Waals surface area contributed by atoms with E-state index in [2.05, 4.69) is 33.4 Å². The van der Waals surface area contributed by atoms with Crippen LogP contribution in [-0.4, -0.2) is 38.3 Å². The molecule has 1 amide bonds. The number of thiophene rings is 1. The molecular formula is C20H25BrN2O3S2. The third kappa shape index (κ3) is 5.65. The Morgan fingerprint density at radius 3 is 2.68 bits per heavy atom. The summed E-state index contributed by atoms with van der Waals surface area (Å²) in [6, 6.07) is 13.7. The lowest BCUT2D eigenvalue weighted by Crippen LogP contribution is -2.45. The molecule has 0 saturated carbocycles. The second-order valence-corrected chi connectivity index (χ2v) is 11.6. The van der Waals surface area contributed by atoms with Crippen LogP contribution in [0.15, 0.2) is 50.5 Å². The number of carbonyl (C=O) groups is 1. The molecule has 152 valence electrons. The van der Waals surface area contributed by atoms with E-state index < -0.39 is 10.0 Å². The molecule has 1 atom stereocenters. The number of aryl methyl sites for hydroxylation is 1. The first kappa shape index (κ1) is 21.5. The summed E-state index contributed by atoms with van der Waals surface area (Å²) in [6.07, 6.45) is 4.37. The summed E-state index contributed by atoms with van der Waals surface area (Å²) in [7, 11) is -3.53. The molecule has 1 aliphatic heterocycles. The van der Waals surface area contributed by atoms with Gasteiger partial charge in [-0.15, -0.1) is 11.3 Å². The lowest BCUT2D eigenvalue weighted by atomic mass is 9.99. The molecule has 0 aliphatic carbocycles. The third-order valence-corrected chi connectivity index (χ3v) is 8.89. The maximum absolute atomic E-state index is 12.8. The summed E-state index contributed by atoms with van der Waals surface area (Å²) in [5.41, 5.74) is 1.31. The molecule has 1 aromatic carbocycles. The Hall–Kier alpha value is -1.22. The predicted molar refractivity (Wildman–Crippen MR) is 116 cm³/mol. The van der Waals surface area contributed by atoms with Crippen molar-refractivity contribution in [2.24, 2.45) is 5.92 Å². The molecule has 3 rings (SSSR count). The summed E-state index contributed by atoms with van der Waals surface area (Å²) >= 11 is 4.51. The molecular weight excluding hydrogens is 460 g/mol. The maximum Gasteiger partial charge on any atom is 0.252 e. The number of nitrogens with zero attached hydrogens (tertiary/aromatic N) is 1. The van der Waals surface area contributed by atoms with Crippen LogP contribution in [0.4, 0.5) is 0 Å². The highest BCUT2D eigenvalue weighted by Gasteiger charge is 2.33. The number of nitrogens with one attached hydrogen (secondary N) is 1. The Labute approximate surface area is 179 Å². The summed E-state index contributed by atoms with van der Waals surface area (Å²) in [5, 5.41) is 2.99. The van der Waals surface area contributed by atoms with Gasteiger partial charge in [-0.2, -0.15) is 4.31 Å². The third-order valence-electron chi connectivity index (χ3n) is 4.93. The van der Waals surface area contributed by atoms with Crippen LogP contribution in [0.1, 0.15) is 31.2 Å². The van der Waals surface area contributed by atoms with Crippen LogP contribution in [0.5, 0.6) is 0 Å². The van der Waals surface area contributed by atoms with E-state index in [-0.39, 0.29) is 18.4 Å². The van der Waals surface area contributed by atoms with E-state index in [4.69, 9.17) is 0 Å². The number of hydrogen-bond donors (Lipinski definition) is 1. The zero-order valence-corrected chi connectivity index (χ0v) is 18.9. The van der Waals surface area contributed by atoms with Gasteiger partial charge in [0.1, 0.15) is 4.21 Å². The largest absolute Gasteiger partial charge is 0.356 e. The van der Waals surface area contributed by atoms with Crippen molar-refractivity contribution >= 4 is 43.2 Å². The van der Waals surface area contributed by atoms with E-state index in [1.165, 1.54) is 21.2 Å². The van der Waals surface area contributed by atoms with Crippen LogP contribution < -0.4 is 5.32 Å². The topological polar surface area (TPSA) is 66.5 Å². The molecule has 0 radical (unpaired) electrons. The van der Waals surface area contributed by atoms with E-state index in [0.29, 0.717) is 23.7 Å². The molecule has 28 heavy (non-hydrogen) atoms. The molecule has 2 heterocycles. The van der Waals surface area contributed by atoms with Crippen LogP contribution in [0, 0.1) is 5.92 Å². The average molecular weight is 485 g/mol. The van der Waals surface area contributed by atoms with Crippen LogP contribution in [0.25, 0.3) is 0 Å². The zero-order valence-electron chi connectivity index (χ0n) is 15.6. The van der Waals surface area contributed by atoms with Crippen molar-refractivity contribution in [2.45, 2.75) is 36.3 Å². The summed E-state index contributed by atoms with van der Waals surface area (Å²) < 4.78 is 28.1. The molecule has 1 saturated heterocycles. The zero-order chi connectivity index (χ0) is 20.0. The fraction of sp³-hybridized carbons (Fsp3) is 0.450. The van der Waals surface area contributed by atoms with Crippen molar-refractivity contribution in [1.29, 1.82) is 0 Å². The standard InChI is InChI=1S/C20H25BrN2O3S2/c21-18-11-12-19(27-18)28(25,26)23-14-6-10-17(15-23)20(24)22-13-5-4-9-16-7-2-1-3-8-16/h1-3,7-8,11-12,17H,4-6,9-10,13-15H2,(H,22,24). The fourth-order valence-electron chi connectivity index (χ4n) is 3.39. The first-order chi connectivity index (χ1) is 13.5. The summed E-state index contributed by atoms with van der Waals surface area (Å²) in [6.45, 7) is 1.36. The normalized spacial score (nSPS) is 18.1. The van der Waals surface area contributed by atoms with Crippen molar-refractivity contribution < 1.29 is 13.2 Å². The molecule has 1 aromatic heterocycles. The van der Waals surface area contributed by atoms with Gasteiger partial charge in [0.15, 0.2) is 0 Å². The first-order valence-electron chi connectivity index (χ1n) is 9.54. The van der Waals surface area contributed by atoms with Gasteiger partial charge in [-0.05, 0) is 65.7 Å². The van der Waals surface area contributed by atoms with Gasteiger partial charge in [0, 0.05) is 19.6 Å². The smallest absolute Gasteiger partial charge is 0.252 e. The second kappa shape index (κ2) is 10.0. The van der Waals surface area contributed by atoms with E-state index in [0.717, 1.165) is 29.5 Å². The number of piperidine rings is 1. The summed E-state index contributed by atoms with van der Waals surface area (Å²) in [4.78, 5) is 12.5. The minimum Gasteiger partial charge on any atom is -0.356 e. The highest BCUT2D eigenvalue weighted by atomic mass is 79.9. The lowest BCUT2D eigenvalue weighted by Gasteiger charge is -2.30. The monoisotopic (exact) mass is 484 g/mol. The van der Waals surface area contributed by atoms with Gasteiger partial charge in [-0.3, -0.25) is 4.79 Å². The minimum absolute atomic E-state index is 0.0352. The number of carbonyl (C=O) groups excluding carboxylic acids is 1. The Bertz CT molecular complexity index is 884. The first-order valence-corrected chi connectivity index (χ1v) is 12.6. The number of unbranched alkanes of at least 4 members (excludes halogenated alkanes) is 1. The van der Waals surface area contributed by atoms with Gasteiger partial charge < -0.3 is 5.32 Å². The van der Waals surface area contributed by atoms with Crippen molar-refractivity contribution in [3.8, 4) is 0 Å². The number of rotatable bonds is 8. The Morgan fingerprint density at radius 1 is 1.18 bits per heavy atom. The number of halogens is 1. The molecule has 1 fully saturated rings. The van der Waals surface area contributed by atoms with E-state index in [1.54, 1.807) is 12.1 Å². The van der Waals surface area contributed by atoms with Gasteiger partial charge in [0.05, 0.1) is 9.70 Å². The number of sulfonamides is 1. The van der Waals surface area contributed by atoms with Crippen molar-refractivity contribution in [3.05, 3.63) is 51.8 Å². The fourth-order valence-corrected chi connectivity index (χ4v) is 7.08. The molecule has 0 bridgehead atoms. The number of benzene rings is 1. The van der Waals surface area contributed by atoms with Gasteiger partial charge in [-0.1, -0.05) is 30.3 Å². The quantitative estimate of drug-likeness (QED) is 0.574. The van der Waals surface area contributed by atoms with Crippen LogP contribution >= 0.6 is 27.3 Å². The van der Waals surface area contributed by atoms with E-state index in [1.807, 2.05) is 18.2 Å². The summed E-state index contributed by atoms with van der Waals surface area (Å²) in [5.74, 6) is -0.312. The van der Waals surface area contributed by atoms with Crippen LogP contribution in [-0.2, 0) is 21.2 Å². The minimum atomic E-state index is -3.53. The number of hydrogen-bond acceptors (Lipinski definition) is 4. The Balaban J connectivity index is 1.45. The molecule has 1 unspecified atom stereocenters. The van der Waals surface area contributed by atoms with Crippen LogP contribution in [0.2, 0.25) is 0 Å². The molecule has 2 aromatic rings. The van der Waals surface area contributed by atoms with Crippen molar-refractivity contribution in [1.82, 2.24) is 9.62 Å². The SMILES string of the molecule is O=C(NCCCCc1ccccc1)C1CCCN(S(=O)(=O)c2ccc(Br)s2)C1. The molecule has 8 heteroatoms. The van der Waals surface area contributed by atoms with Crippen LogP contribution in [0.3, 0.4) is 0 Å². The average Bonchev–Trinajstić information content (AvgIpc) is 3.16. The highest BCUT2D eigenvalue weighted by Crippen LogP contribution is 2.30. The molecule has 1 N–H and O–H groups in total. The van der Waals surface area contributed by atoms with Gasteiger partial charge in [0.2, 0.25) is 5.91 Å². The lowest BCUT2D eigenvalue weighted by molar-refractivity contribution is -0.126. The molecule has 5 nitrogen and oxygen atoms in total. The predicted octanol–water partition coefficient (Wildman–Crippen LogP) is 4.05. The number of amides is 1. The van der Waals surface area contributed by atoms with Crippen molar-refractivity contribution in [3.63, 3.8) is 0 Å². The van der Waals surface area contributed by atoms with E-state index in [9.17, 15) is 13.2 Å². The Kier molecular flexibility index (Phi) is 7.68. The molecule has 0 spiro atoms. The van der Waals surface area contributed by atoms with Gasteiger partial charge in [0.25, 0.3) is 10.0 Å². The highest BCUT2D eigenvalue weighted by molar-refractivity contribution is 9.11. The van der Waals surface area contributed by atoms with Crippen molar-refractivity contribution in [2.75, 3.05) is 19.6 Å². The maximum atomic E-state index is 12.8. The van der Waals surface area contributed by atoms with Gasteiger partial charge >= 0.3 is 0 Å². The molecule has 1 aliphatic rings. The second-order valence-electron chi connectivity index (χ2n) is 6.99. The van der Waals surface area contributed by atoms with Gasteiger partial charge in [-0.25, -0.2) is 8.42 Å². The Morgan fingerprint density at radius 2 is 1.96 bits per heavy atom. The van der Waals surface area contributed by atoms with E-state index >= 15 is 0 Å².